The molecule has 0 radical (unpaired) electrons. The van der Waals surface area contributed by atoms with Gasteiger partial charge in [-0.25, -0.2) is 0 Å². The van der Waals surface area contributed by atoms with E-state index in [4.69, 9.17) is 4.74 Å². The van der Waals surface area contributed by atoms with Gasteiger partial charge in [0.2, 0.25) is 0 Å². The Balaban J connectivity index is 0.00000264. The van der Waals surface area contributed by atoms with Crippen LogP contribution in [0.5, 0.6) is 5.75 Å². The number of benzene rings is 1. The molecule has 0 atom stereocenters. The topological polar surface area (TPSA) is 24.5 Å². The summed E-state index contributed by atoms with van der Waals surface area (Å²) in [7, 11) is 1.98. The highest BCUT2D eigenvalue weighted by Gasteiger charge is 2.28. The molecule has 0 spiro atoms. The van der Waals surface area contributed by atoms with Crippen LogP contribution in [0.15, 0.2) is 24.3 Å². The van der Waals surface area contributed by atoms with Crippen molar-refractivity contribution in [3.05, 3.63) is 29.8 Å². The van der Waals surface area contributed by atoms with E-state index in [-0.39, 0.29) is 18.2 Å². The van der Waals surface area contributed by atoms with Gasteiger partial charge in [0.25, 0.3) is 0 Å². The van der Waals surface area contributed by atoms with Crippen LogP contribution >= 0.6 is 12.4 Å². The number of ether oxygens (including phenoxy) is 1. The molecule has 1 aromatic rings. The summed E-state index contributed by atoms with van der Waals surface area (Å²) in [6.07, 6.45) is -1.92. The number of nitrogens with one attached hydrogen (secondary N) is 1. The molecule has 7 heteroatoms. The van der Waals surface area contributed by atoms with Crippen LogP contribution in [-0.4, -0.2) is 44.4 Å². The molecule has 23 heavy (non-hydrogen) atoms. The zero-order chi connectivity index (χ0) is 16.0. The van der Waals surface area contributed by atoms with Crippen LogP contribution in [-0.2, 0) is 6.54 Å². The van der Waals surface area contributed by atoms with E-state index >= 15 is 0 Å². The van der Waals surface area contributed by atoms with Crippen molar-refractivity contribution in [1.82, 2.24) is 10.2 Å². The molecule has 1 aliphatic heterocycles. The molecule has 1 aromatic carbocycles. The number of halogens is 4. The Labute approximate surface area is 141 Å². The van der Waals surface area contributed by atoms with Crippen molar-refractivity contribution in [2.45, 2.75) is 25.6 Å². The number of piperidine rings is 1. The van der Waals surface area contributed by atoms with E-state index in [1.165, 1.54) is 12.8 Å². The Morgan fingerprint density at radius 3 is 2.30 bits per heavy atom. The highest BCUT2D eigenvalue weighted by molar-refractivity contribution is 5.85. The van der Waals surface area contributed by atoms with E-state index < -0.39 is 12.8 Å². The van der Waals surface area contributed by atoms with Crippen LogP contribution in [0.25, 0.3) is 0 Å². The van der Waals surface area contributed by atoms with E-state index in [1.54, 1.807) is 12.1 Å². The Morgan fingerprint density at radius 1 is 1.17 bits per heavy atom. The second kappa shape index (κ2) is 9.35. The van der Waals surface area contributed by atoms with Gasteiger partial charge in [-0.1, -0.05) is 12.1 Å². The van der Waals surface area contributed by atoms with Crippen LogP contribution in [0.3, 0.4) is 0 Å². The number of alkyl halides is 3. The Bertz CT molecular complexity index is 446. The second-order valence-electron chi connectivity index (χ2n) is 5.83. The molecule has 0 saturated carbocycles. The maximum absolute atomic E-state index is 12.1. The van der Waals surface area contributed by atoms with Crippen LogP contribution in [0.2, 0.25) is 0 Å². The van der Waals surface area contributed by atoms with Gasteiger partial charge in [-0.15, -0.1) is 12.4 Å². The predicted octanol–water partition coefficient (Wildman–Crippen LogP) is 3.48. The highest BCUT2D eigenvalue weighted by atomic mass is 35.5. The molecule has 1 fully saturated rings. The Kier molecular flexibility index (Phi) is 8.16. The van der Waals surface area contributed by atoms with Crippen molar-refractivity contribution in [3.63, 3.8) is 0 Å². The summed E-state index contributed by atoms with van der Waals surface area (Å²) in [6.45, 7) is 2.80. The average molecular weight is 353 g/mol. The van der Waals surface area contributed by atoms with Crippen LogP contribution < -0.4 is 10.1 Å². The van der Waals surface area contributed by atoms with Gasteiger partial charge in [-0.3, -0.25) is 4.90 Å². The molecule has 132 valence electrons. The monoisotopic (exact) mass is 352 g/mol. The fraction of sp³-hybridized carbons (Fsp3) is 0.625. The highest BCUT2D eigenvalue weighted by Crippen LogP contribution is 2.21. The molecule has 1 aliphatic rings. The predicted molar refractivity (Wildman–Crippen MR) is 87.2 cm³/mol. The van der Waals surface area contributed by atoms with Crippen molar-refractivity contribution in [1.29, 1.82) is 0 Å². The maximum atomic E-state index is 12.1. The summed E-state index contributed by atoms with van der Waals surface area (Å²) in [6, 6.07) is 6.89. The lowest BCUT2D eigenvalue weighted by Gasteiger charge is -2.31. The lowest BCUT2D eigenvalue weighted by atomic mass is 9.96. The van der Waals surface area contributed by atoms with Gasteiger partial charge in [0, 0.05) is 6.54 Å². The molecule has 0 amide bonds. The molecular formula is C16H24ClF3N2O. The first-order valence-corrected chi connectivity index (χ1v) is 7.62. The first-order chi connectivity index (χ1) is 10.5. The largest absolute Gasteiger partial charge is 0.484 e. The number of nitrogens with zero attached hydrogens (tertiary/aromatic N) is 1. The Hall–Kier alpha value is -0.980. The summed E-state index contributed by atoms with van der Waals surface area (Å²) in [5.74, 6) is 1.01. The average Bonchev–Trinajstić information content (AvgIpc) is 2.48. The summed E-state index contributed by atoms with van der Waals surface area (Å²) in [4.78, 5) is 2.39. The molecule has 0 aliphatic carbocycles. The van der Waals surface area contributed by atoms with Gasteiger partial charge in [0.15, 0.2) is 6.61 Å². The van der Waals surface area contributed by atoms with Crippen molar-refractivity contribution < 1.29 is 17.9 Å². The third kappa shape index (κ3) is 7.42. The van der Waals surface area contributed by atoms with Gasteiger partial charge in [0.1, 0.15) is 5.75 Å². The maximum Gasteiger partial charge on any atom is 0.422 e. The molecule has 2 rings (SSSR count). The van der Waals surface area contributed by atoms with Gasteiger partial charge < -0.3 is 10.1 Å². The van der Waals surface area contributed by atoms with Gasteiger partial charge in [-0.05, 0) is 63.1 Å². The van der Waals surface area contributed by atoms with Crippen molar-refractivity contribution >= 4 is 12.4 Å². The number of hydrogen-bond donors (Lipinski definition) is 1. The molecule has 3 nitrogen and oxygen atoms in total. The van der Waals surface area contributed by atoms with E-state index in [2.05, 4.69) is 10.2 Å². The van der Waals surface area contributed by atoms with Crippen molar-refractivity contribution in [2.75, 3.05) is 33.3 Å². The molecular weight excluding hydrogens is 329 g/mol. The molecule has 0 bridgehead atoms. The lowest BCUT2D eigenvalue weighted by molar-refractivity contribution is -0.153. The third-order valence-electron chi connectivity index (χ3n) is 3.93. The van der Waals surface area contributed by atoms with E-state index in [9.17, 15) is 13.2 Å². The van der Waals surface area contributed by atoms with Crippen molar-refractivity contribution in [3.8, 4) is 5.75 Å². The minimum Gasteiger partial charge on any atom is -0.484 e. The Morgan fingerprint density at radius 2 is 1.78 bits per heavy atom. The molecule has 1 saturated heterocycles. The minimum atomic E-state index is -4.30. The first kappa shape index (κ1) is 20.1. The normalized spacial score (nSPS) is 16.9. The lowest BCUT2D eigenvalue weighted by Crippen LogP contribution is -2.36. The summed E-state index contributed by atoms with van der Waals surface area (Å²) in [5, 5.41) is 3.22. The molecule has 0 aromatic heterocycles. The fourth-order valence-electron chi connectivity index (χ4n) is 2.75. The molecule has 1 heterocycles. The third-order valence-corrected chi connectivity index (χ3v) is 3.93. The van der Waals surface area contributed by atoms with Gasteiger partial charge in [-0.2, -0.15) is 13.2 Å². The summed E-state index contributed by atoms with van der Waals surface area (Å²) in [5.41, 5.74) is 1.10. The first-order valence-electron chi connectivity index (χ1n) is 7.62. The molecule has 0 unspecified atom stereocenters. The standard InChI is InChI=1S/C16H23F3N2O.ClH/c1-20-10-13-6-8-21(9-7-13)11-14-2-4-15(5-3-14)22-12-16(17,18)19;/h2-5,13,20H,6-12H2,1H3;1H. The zero-order valence-corrected chi connectivity index (χ0v) is 14.1. The summed E-state index contributed by atoms with van der Waals surface area (Å²) < 4.78 is 41.0. The zero-order valence-electron chi connectivity index (χ0n) is 13.2. The van der Waals surface area contributed by atoms with E-state index in [0.29, 0.717) is 0 Å². The molecule has 1 N–H and O–H groups in total. The number of rotatable bonds is 6. The number of hydrogen-bond acceptors (Lipinski definition) is 3. The van der Waals surface area contributed by atoms with E-state index in [1.807, 2.05) is 19.2 Å². The van der Waals surface area contributed by atoms with Crippen LogP contribution in [0.1, 0.15) is 18.4 Å². The van der Waals surface area contributed by atoms with Crippen molar-refractivity contribution in [2.24, 2.45) is 5.92 Å². The SMILES string of the molecule is CNCC1CCN(Cc2ccc(OCC(F)(F)F)cc2)CC1.Cl. The second-order valence-corrected chi connectivity index (χ2v) is 5.83. The van der Waals surface area contributed by atoms with Gasteiger partial charge >= 0.3 is 6.18 Å². The fourth-order valence-corrected chi connectivity index (χ4v) is 2.75. The van der Waals surface area contributed by atoms with E-state index in [0.717, 1.165) is 37.7 Å². The van der Waals surface area contributed by atoms with Crippen LogP contribution in [0, 0.1) is 5.92 Å². The van der Waals surface area contributed by atoms with Gasteiger partial charge in [0.05, 0.1) is 0 Å². The minimum absolute atomic E-state index is 0. The quantitative estimate of drug-likeness (QED) is 0.848. The summed E-state index contributed by atoms with van der Waals surface area (Å²) >= 11 is 0. The smallest absolute Gasteiger partial charge is 0.422 e. The number of likely N-dealkylation sites (tertiary alicyclic amines) is 1. The van der Waals surface area contributed by atoms with Crippen LogP contribution in [0.4, 0.5) is 13.2 Å².